The normalized spacial score (nSPS) is 11.6. The molecule has 3 aromatic rings. The molecule has 0 spiro atoms. The summed E-state index contributed by atoms with van der Waals surface area (Å²) in [6.45, 7) is 3.54. The second-order valence-corrected chi connectivity index (χ2v) is 6.84. The Labute approximate surface area is 169 Å². The monoisotopic (exact) mass is 392 g/mol. The predicted octanol–water partition coefficient (Wildman–Crippen LogP) is 3.49. The molecule has 0 aromatic heterocycles. The number of methoxy groups -OCH3 is 1. The Bertz CT molecular complexity index is 1030. The number of rotatable bonds is 6. The summed E-state index contributed by atoms with van der Waals surface area (Å²) in [5, 5.41) is 2.04. The van der Waals surface area contributed by atoms with Gasteiger partial charge in [0.25, 0.3) is 5.91 Å². The van der Waals surface area contributed by atoms with Crippen molar-refractivity contribution in [2.75, 3.05) is 13.7 Å². The largest absolute Gasteiger partial charge is 0.497 e. The molecule has 0 aliphatic heterocycles. The number of ether oxygens (including phenoxy) is 2. The maximum Gasteiger partial charge on any atom is 0.276 e. The summed E-state index contributed by atoms with van der Waals surface area (Å²) < 4.78 is 10.7. The van der Waals surface area contributed by atoms with E-state index in [0.29, 0.717) is 5.75 Å². The highest BCUT2D eigenvalue weighted by molar-refractivity contribution is 5.89. The number of hydrazine groups is 1. The van der Waals surface area contributed by atoms with Gasteiger partial charge in [-0.05, 0) is 60.0 Å². The first-order valence-electron chi connectivity index (χ1n) is 9.32. The fourth-order valence-corrected chi connectivity index (χ4v) is 2.92. The maximum absolute atomic E-state index is 12.4. The molecule has 0 saturated carbocycles. The van der Waals surface area contributed by atoms with Gasteiger partial charge in [-0.15, -0.1) is 0 Å². The van der Waals surface area contributed by atoms with Crippen LogP contribution >= 0.6 is 0 Å². The van der Waals surface area contributed by atoms with E-state index in [1.54, 1.807) is 20.1 Å². The zero-order chi connectivity index (χ0) is 20.8. The third-order valence-electron chi connectivity index (χ3n) is 4.65. The Morgan fingerprint density at radius 1 is 0.931 bits per heavy atom. The molecule has 0 fully saturated rings. The summed E-state index contributed by atoms with van der Waals surface area (Å²) in [5.74, 6) is 0.221. The molecule has 0 radical (unpaired) electrons. The van der Waals surface area contributed by atoms with Crippen molar-refractivity contribution in [2.24, 2.45) is 0 Å². The van der Waals surface area contributed by atoms with E-state index >= 15 is 0 Å². The average Bonchev–Trinajstić information content (AvgIpc) is 2.74. The molecule has 6 heteroatoms. The average molecular weight is 392 g/mol. The number of aryl methyl sites for hydroxylation is 1. The first kappa shape index (κ1) is 20.2. The highest BCUT2D eigenvalue weighted by atomic mass is 16.5. The number of carbonyl (C=O) groups excluding carboxylic acids is 2. The lowest BCUT2D eigenvalue weighted by molar-refractivity contribution is -0.130. The first-order chi connectivity index (χ1) is 14.0. The fraction of sp³-hybridized carbons (Fsp3) is 0.217. The molecule has 0 bridgehead atoms. The van der Waals surface area contributed by atoms with Crippen LogP contribution in [0.25, 0.3) is 10.8 Å². The van der Waals surface area contributed by atoms with Gasteiger partial charge < -0.3 is 9.47 Å². The summed E-state index contributed by atoms with van der Waals surface area (Å²) >= 11 is 0. The summed E-state index contributed by atoms with van der Waals surface area (Å²) in [4.78, 5) is 24.4. The SMILES string of the molecule is COc1ccc2cc([C@H](C)C(=O)NNC(=O)COc3cccc(C)c3)ccc2c1. The van der Waals surface area contributed by atoms with E-state index in [0.717, 1.165) is 27.6 Å². The molecule has 0 unspecified atom stereocenters. The second-order valence-electron chi connectivity index (χ2n) is 6.84. The second kappa shape index (κ2) is 9.10. The lowest BCUT2D eigenvalue weighted by Gasteiger charge is -2.14. The number of benzene rings is 3. The molecule has 3 aromatic carbocycles. The summed E-state index contributed by atoms with van der Waals surface area (Å²) in [6.07, 6.45) is 0. The Hall–Kier alpha value is -3.54. The van der Waals surface area contributed by atoms with Crippen LogP contribution in [-0.2, 0) is 9.59 Å². The van der Waals surface area contributed by atoms with Crippen LogP contribution in [0.1, 0.15) is 24.0 Å². The van der Waals surface area contributed by atoms with Crippen molar-refractivity contribution in [2.45, 2.75) is 19.8 Å². The lowest BCUT2D eigenvalue weighted by Crippen LogP contribution is -2.45. The first-order valence-corrected chi connectivity index (χ1v) is 9.32. The van der Waals surface area contributed by atoms with Gasteiger partial charge in [0.05, 0.1) is 13.0 Å². The van der Waals surface area contributed by atoms with E-state index in [4.69, 9.17) is 9.47 Å². The highest BCUT2D eigenvalue weighted by Crippen LogP contribution is 2.25. The van der Waals surface area contributed by atoms with Gasteiger partial charge in [-0.2, -0.15) is 0 Å². The zero-order valence-electron chi connectivity index (χ0n) is 16.7. The van der Waals surface area contributed by atoms with Crippen LogP contribution in [0, 0.1) is 6.92 Å². The van der Waals surface area contributed by atoms with E-state index in [1.165, 1.54) is 0 Å². The molecule has 3 rings (SSSR count). The third-order valence-corrected chi connectivity index (χ3v) is 4.65. The summed E-state index contributed by atoms with van der Waals surface area (Å²) in [7, 11) is 1.63. The van der Waals surface area contributed by atoms with Gasteiger partial charge >= 0.3 is 0 Å². The molecule has 0 aliphatic carbocycles. The molecule has 29 heavy (non-hydrogen) atoms. The smallest absolute Gasteiger partial charge is 0.276 e. The summed E-state index contributed by atoms with van der Waals surface area (Å²) in [6, 6.07) is 19.0. The topological polar surface area (TPSA) is 76.7 Å². The van der Waals surface area contributed by atoms with Gasteiger partial charge in [-0.3, -0.25) is 20.4 Å². The van der Waals surface area contributed by atoms with Crippen LogP contribution in [0.15, 0.2) is 60.7 Å². The standard InChI is InChI=1S/C23H24N2O4/c1-15-5-4-6-21(11-15)29-14-22(26)24-25-23(27)16(2)17-7-8-19-13-20(28-3)10-9-18(19)12-17/h4-13,16H,14H2,1-3H3,(H,24,26)(H,25,27)/t16-/m0/s1. The van der Waals surface area contributed by atoms with Crippen molar-refractivity contribution in [3.8, 4) is 11.5 Å². The van der Waals surface area contributed by atoms with Gasteiger partial charge in [-0.25, -0.2) is 0 Å². The summed E-state index contributed by atoms with van der Waals surface area (Å²) in [5.41, 5.74) is 6.74. The van der Waals surface area contributed by atoms with Gasteiger partial charge in [0, 0.05) is 0 Å². The Morgan fingerprint density at radius 2 is 1.69 bits per heavy atom. The predicted molar refractivity (Wildman–Crippen MR) is 112 cm³/mol. The van der Waals surface area contributed by atoms with Crippen LogP contribution in [0.2, 0.25) is 0 Å². The highest BCUT2D eigenvalue weighted by Gasteiger charge is 2.16. The van der Waals surface area contributed by atoms with Gasteiger partial charge in [-0.1, -0.05) is 36.4 Å². The fourth-order valence-electron chi connectivity index (χ4n) is 2.92. The zero-order valence-corrected chi connectivity index (χ0v) is 16.7. The molecule has 0 saturated heterocycles. The number of hydrogen-bond donors (Lipinski definition) is 2. The minimum atomic E-state index is -0.433. The molecule has 0 aliphatic rings. The molecule has 2 N–H and O–H groups in total. The molecule has 1 atom stereocenters. The molecule has 150 valence electrons. The van der Waals surface area contributed by atoms with Crippen LogP contribution in [0.4, 0.5) is 0 Å². The quantitative estimate of drug-likeness (QED) is 0.630. The number of carbonyl (C=O) groups is 2. The van der Waals surface area contributed by atoms with Gasteiger partial charge in [0.2, 0.25) is 5.91 Å². The Balaban J connectivity index is 1.54. The molecule has 2 amide bonds. The number of fused-ring (bicyclic) bond motifs is 1. The Morgan fingerprint density at radius 3 is 2.45 bits per heavy atom. The van der Waals surface area contributed by atoms with E-state index in [9.17, 15) is 9.59 Å². The van der Waals surface area contributed by atoms with Crippen molar-refractivity contribution in [3.63, 3.8) is 0 Å². The number of hydrogen-bond acceptors (Lipinski definition) is 4. The van der Waals surface area contributed by atoms with Crippen molar-refractivity contribution >= 4 is 22.6 Å². The molecule has 0 heterocycles. The number of nitrogens with one attached hydrogen (secondary N) is 2. The van der Waals surface area contributed by atoms with Crippen LogP contribution in [-0.4, -0.2) is 25.5 Å². The number of amides is 2. The van der Waals surface area contributed by atoms with Crippen molar-refractivity contribution in [3.05, 3.63) is 71.8 Å². The van der Waals surface area contributed by atoms with Crippen LogP contribution in [0.3, 0.4) is 0 Å². The minimum absolute atomic E-state index is 0.185. The molecule has 6 nitrogen and oxygen atoms in total. The van der Waals surface area contributed by atoms with E-state index in [1.807, 2.05) is 61.5 Å². The molecular formula is C23H24N2O4. The van der Waals surface area contributed by atoms with Crippen LogP contribution < -0.4 is 20.3 Å². The third kappa shape index (κ3) is 5.25. The lowest BCUT2D eigenvalue weighted by atomic mass is 9.97. The Kier molecular flexibility index (Phi) is 6.34. The van der Waals surface area contributed by atoms with Crippen molar-refractivity contribution < 1.29 is 19.1 Å². The van der Waals surface area contributed by atoms with E-state index in [-0.39, 0.29) is 12.5 Å². The molecular weight excluding hydrogens is 368 g/mol. The minimum Gasteiger partial charge on any atom is -0.497 e. The maximum atomic E-state index is 12.4. The van der Waals surface area contributed by atoms with Crippen molar-refractivity contribution in [1.82, 2.24) is 10.9 Å². The van der Waals surface area contributed by atoms with E-state index in [2.05, 4.69) is 10.9 Å². The van der Waals surface area contributed by atoms with Crippen LogP contribution in [0.5, 0.6) is 11.5 Å². The van der Waals surface area contributed by atoms with Gasteiger partial charge in [0.15, 0.2) is 6.61 Å². The van der Waals surface area contributed by atoms with Gasteiger partial charge in [0.1, 0.15) is 11.5 Å². The van der Waals surface area contributed by atoms with E-state index < -0.39 is 11.8 Å². The van der Waals surface area contributed by atoms with Crippen molar-refractivity contribution in [1.29, 1.82) is 0 Å².